The fourth-order valence-electron chi connectivity index (χ4n) is 1.38. The average Bonchev–Trinajstić information content (AvgIpc) is 2.34. The summed E-state index contributed by atoms with van der Waals surface area (Å²) in [7, 11) is -1.71. The summed E-state index contributed by atoms with van der Waals surface area (Å²) in [5.41, 5.74) is 6.77. The molecule has 0 saturated heterocycles. The highest BCUT2D eigenvalue weighted by molar-refractivity contribution is 6.74. The van der Waals surface area contributed by atoms with E-state index in [0.29, 0.717) is 30.2 Å². The Bertz CT molecular complexity index is 503. The van der Waals surface area contributed by atoms with Crippen LogP contribution in [0.2, 0.25) is 18.1 Å². The minimum absolute atomic E-state index is 0.207. The number of hydrogen-bond donors (Lipinski definition) is 2. The van der Waals surface area contributed by atoms with Gasteiger partial charge in [-0.3, -0.25) is 0 Å². The van der Waals surface area contributed by atoms with E-state index >= 15 is 0 Å². The Morgan fingerprint density at radius 3 is 2.60 bits per heavy atom. The molecule has 6 heteroatoms. The molecular weight excluding hydrogens is 268 g/mol. The minimum atomic E-state index is -1.71. The molecule has 0 amide bonds. The maximum atomic E-state index is 8.75. The zero-order valence-electron chi connectivity index (χ0n) is 12.9. The van der Waals surface area contributed by atoms with E-state index < -0.39 is 8.32 Å². The second-order valence-electron chi connectivity index (χ2n) is 6.31. The molecule has 0 saturated carbocycles. The third-order valence-electron chi connectivity index (χ3n) is 3.71. The number of hydrogen-bond acceptors (Lipinski definition) is 5. The monoisotopic (exact) mass is 292 g/mol. The van der Waals surface area contributed by atoms with Crippen LogP contribution in [-0.4, -0.2) is 26.5 Å². The largest absolute Gasteiger partial charge is 0.415 e. The van der Waals surface area contributed by atoms with Gasteiger partial charge in [0.05, 0.1) is 17.9 Å². The van der Waals surface area contributed by atoms with E-state index in [0.717, 1.165) is 0 Å². The number of aromatic nitrogens is 1. The molecule has 0 aliphatic carbocycles. The highest BCUT2D eigenvalue weighted by Crippen LogP contribution is 2.36. The van der Waals surface area contributed by atoms with Gasteiger partial charge in [0.2, 0.25) is 0 Å². The fourth-order valence-corrected chi connectivity index (χ4v) is 2.43. The Morgan fingerprint density at radius 1 is 1.45 bits per heavy atom. The van der Waals surface area contributed by atoms with Gasteiger partial charge in [-0.1, -0.05) is 20.8 Å². The number of nitrogens with one attached hydrogen (secondary N) is 1. The van der Waals surface area contributed by atoms with E-state index in [4.69, 9.17) is 15.4 Å². The Balaban J connectivity index is 2.48. The SMILES string of the molecule is CC(C)(C)[Si](C)(C)OCCNc1ncc(C#N)cc1N. The standard InChI is InChI=1S/C14H24N4OSi/c1-14(2,3)20(4,5)19-7-6-17-13-12(16)8-11(9-15)10-18-13/h8,10H,6-7,16H2,1-5H3,(H,17,18). The summed E-state index contributed by atoms with van der Waals surface area (Å²) < 4.78 is 6.06. The highest BCUT2D eigenvalue weighted by Gasteiger charge is 2.36. The first-order valence-electron chi connectivity index (χ1n) is 6.71. The van der Waals surface area contributed by atoms with E-state index in [9.17, 15) is 0 Å². The van der Waals surface area contributed by atoms with Crippen molar-refractivity contribution in [3.8, 4) is 6.07 Å². The summed E-state index contributed by atoms with van der Waals surface area (Å²) in [6.45, 7) is 12.4. The summed E-state index contributed by atoms with van der Waals surface area (Å²) in [6, 6.07) is 3.62. The Hall–Kier alpha value is -1.58. The molecule has 0 aliphatic heterocycles. The van der Waals surface area contributed by atoms with Crippen molar-refractivity contribution in [2.24, 2.45) is 0 Å². The van der Waals surface area contributed by atoms with Crippen molar-refractivity contribution >= 4 is 19.8 Å². The fraction of sp³-hybridized carbons (Fsp3) is 0.571. The molecule has 0 bridgehead atoms. The minimum Gasteiger partial charge on any atom is -0.415 e. The molecule has 0 spiro atoms. The van der Waals surface area contributed by atoms with Crippen molar-refractivity contribution in [2.75, 3.05) is 24.2 Å². The first-order valence-corrected chi connectivity index (χ1v) is 9.61. The number of rotatable bonds is 5. The lowest BCUT2D eigenvalue weighted by molar-refractivity contribution is 0.301. The van der Waals surface area contributed by atoms with Crippen LogP contribution >= 0.6 is 0 Å². The lowest BCUT2D eigenvalue weighted by Gasteiger charge is -2.36. The van der Waals surface area contributed by atoms with Crippen LogP contribution in [0.15, 0.2) is 12.3 Å². The number of pyridine rings is 1. The highest BCUT2D eigenvalue weighted by atomic mass is 28.4. The molecule has 0 radical (unpaired) electrons. The quantitative estimate of drug-likeness (QED) is 0.644. The van der Waals surface area contributed by atoms with Crippen molar-refractivity contribution in [3.05, 3.63) is 17.8 Å². The van der Waals surface area contributed by atoms with Gasteiger partial charge >= 0.3 is 0 Å². The van der Waals surface area contributed by atoms with Crippen molar-refractivity contribution in [1.82, 2.24) is 4.98 Å². The number of anilines is 2. The van der Waals surface area contributed by atoms with Crippen LogP contribution in [-0.2, 0) is 4.43 Å². The molecule has 5 nitrogen and oxygen atoms in total. The van der Waals surface area contributed by atoms with Crippen molar-refractivity contribution < 1.29 is 4.43 Å². The molecule has 1 rings (SSSR count). The van der Waals surface area contributed by atoms with Crippen molar-refractivity contribution in [3.63, 3.8) is 0 Å². The maximum Gasteiger partial charge on any atom is 0.192 e. The Kier molecular flexibility index (Phi) is 5.14. The number of nitrogens with two attached hydrogens (primary N) is 1. The summed E-state index contributed by atoms with van der Waals surface area (Å²) >= 11 is 0. The van der Waals surface area contributed by atoms with E-state index in [1.165, 1.54) is 6.20 Å². The van der Waals surface area contributed by atoms with Gasteiger partial charge in [-0.15, -0.1) is 0 Å². The smallest absolute Gasteiger partial charge is 0.192 e. The summed E-state index contributed by atoms with van der Waals surface area (Å²) in [5, 5.41) is 12.1. The summed E-state index contributed by atoms with van der Waals surface area (Å²) in [5.74, 6) is 0.600. The lowest BCUT2D eigenvalue weighted by atomic mass is 10.2. The molecule has 0 atom stereocenters. The topological polar surface area (TPSA) is 84.0 Å². The lowest BCUT2D eigenvalue weighted by Crippen LogP contribution is -2.41. The first-order chi connectivity index (χ1) is 9.17. The zero-order chi connectivity index (χ0) is 15.4. The normalized spacial score (nSPS) is 12.0. The van der Waals surface area contributed by atoms with Crippen LogP contribution in [0.4, 0.5) is 11.5 Å². The molecule has 1 aromatic rings. The molecule has 110 valence electrons. The maximum absolute atomic E-state index is 8.75. The molecule has 0 fully saturated rings. The number of nitrogen functional groups attached to an aromatic ring is 1. The second kappa shape index (κ2) is 6.24. The van der Waals surface area contributed by atoms with Gasteiger partial charge in [0, 0.05) is 12.7 Å². The average molecular weight is 292 g/mol. The molecule has 1 aromatic heterocycles. The molecule has 0 aliphatic rings. The predicted molar refractivity (Wildman–Crippen MR) is 85.0 cm³/mol. The molecule has 1 heterocycles. The summed E-state index contributed by atoms with van der Waals surface area (Å²) in [6.07, 6.45) is 1.51. The van der Waals surface area contributed by atoms with Gasteiger partial charge in [-0.25, -0.2) is 4.98 Å². The van der Waals surface area contributed by atoms with Gasteiger partial charge in [-0.2, -0.15) is 5.26 Å². The van der Waals surface area contributed by atoms with Crippen molar-refractivity contribution in [2.45, 2.75) is 38.9 Å². The van der Waals surface area contributed by atoms with Crippen LogP contribution in [0.1, 0.15) is 26.3 Å². The number of nitriles is 1. The Morgan fingerprint density at radius 2 is 2.10 bits per heavy atom. The third kappa shape index (κ3) is 4.22. The van der Waals surface area contributed by atoms with E-state index in [2.05, 4.69) is 44.2 Å². The summed E-state index contributed by atoms with van der Waals surface area (Å²) in [4.78, 5) is 4.13. The molecule has 20 heavy (non-hydrogen) atoms. The van der Waals surface area contributed by atoms with Crippen LogP contribution in [0, 0.1) is 11.3 Å². The van der Waals surface area contributed by atoms with E-state index in [-0.39, 0.29) is 5.04 Å². The van der Waals surface area contributed by atoms with Gasteiger partial charge in [0.1, 0.15) is 11.9 Å². The molecular formula is C14H24N4OSi. The molecule has 0 unspecified atom stereocenters. The van der Waals surface area contributed by atoms with Gasteiger partial charge in [0.15, 0.2) is 8.32 Å². The van der Waals surface area contributed by atoms with Crippen LogP contribution < -0.4 is 11.1 Å². The second-order valence-corrected chi connectivity index (χ2v) is 11.1. The van der Waals surface area contributed by atoms with Crippen molar-refractivity contribution in [1.29, 1.82) is 5.26 Å². The predicted octanol–water partition coefficient (Wildman–Crippen LogP) is 2.97. The van der Waals surface area contributed by atoms with E-state index in [1.807, 2.05) is 6.07 Å². The molecule has 3 N–H and O–H groups in total. The van der Waals surface area contributed by atoms with Gasteiger partial charge in [-0.05, 0) is 24.2 Å². The van der Waals surface area contributed by atoms with Gasteiger partial charge in [0.25, 0.3) is 0 Å². The van der Waals surface area contributed by atoms with Crippen LogP contribution in [0.5, 0.6) is 0 Å². The van der Waals surface area contributed by atoms with Gasteiger partial charge < -0.3 is 15.5 Å². The first kappa shape index (κ1) is 16.5. The Labute approximate surface area is 122 Å². The van der Waals surface area contributed by atoms with Crippen LogP contribution in [0.25, 0.3) is 0 Å². The van der Waals surface area contributed by atoms with E-state index in [1.54, 1.807) is 6.07 Å². The molecule has 0 aromatic carbocycles. The van der Waals surface area contributed by atoms with Crippen LogP contribution in [0.3, 0.4) is 0 Å². The third-order valence-corrected chi connectivity index (χ3v) is 8.25. The zero-order valence-corrected chi connectivity index (χ0v) is 13.9. The number of nitrogens with zero attached hydrogens (tertiary/aromatic N) is 2.